The molecule has 0 unspecified atom stereocenters. The van der Waals surface area contributed by atoms with Crippen molar-refractivity contribution in [1.29, 1.82) is 0 Å². The first kappa shape index (κ1) is 58.0. The molecule has 0 atom stereocenters. The molecule has 458 valence electrons. The number of rotatable bonds is 14. The van der Waals surface area contributed by atoms with Crippen molar-refractivity contribution in [2.24, 2.45) is 0 Å². The smallest absolute Gasteiger partial charge is 0.0562 e. The Bertz CT molecular complexity index is 5230. The van der Waals surface area contributed by atoms with E-state index in [9.17, 15) is 0 Å². The molecule has 12 aromatic carbocycles. The minimum absolute atomic E-state index is 0.0389. The molecule has 16 rings (SSSR count). The van der Waals surface area contributed by atoms with Crippen LogP contribution in [0.5, 0.6) is 0 Å². The molecule has 2 aliphatic carbocycles. The van der Waals surface area contributed by atoms with E-state index < -0.39 is 0 Å². The van der Waals surface area contributed by atoms with Crippen LogP contribution < -0.4 is 9.80 Å². The third-order valence-corrected chi connectivity index (χ3v) is 22.2. The number of para-hydroxylation sites is 2. The zero-order chi connectivity index (χ0) is 62.9. The lowest BCUT2D eigenvalue weighted by atomic mass is 9.82. The molecule has 92 heavy (non-hydrogen) atoms. The van der Waals surface area contributed by atoms with Gasteiger partial charge in [-0.1, -0.05) is 191 Å². The van der Waals surface area contributed by atoms with E-state index in [1.165, 1.54) is 192 Å². The number of aryl methyl sites for hydroxylation is 2. The second-order valence-electron chi connectivity index (χ2n) is 28.9. The van der Waals surface area contributed by atoms with Crippen molar-refractivity contribution in [2.45, 2.75) is 156 Å². The van der Waals surface area contributed by atoms with Crippen LogP contribution >= 0.6 is 0 Å². The molecule has 0 amide bonds. The summed E-state index contributed by atoms with van der Waals surface area (Å²) >= 11 is 0. The summed E-state index contributed by atoms with van der Waals surface area (Å²) in [6, 6.07) is 81.0. The molecule has 0 saturated heterocycles. The highest BCUT2D eigenvalue weighted by Crippen LogP contribution is 2.55. The summed E-state index contributed by atoms with van der Waals surface area (Å²) in [6.45, 7) is 23.8. The van der Waals surface area contributed by atoms with Crippen molar-refractivity contribution in [3.8, 4) is 11.4 Å². The minimum atomic E-state index is 0.0389. The molecule has 0 radical (unpaired) electrons. The molecule has 0 N–H and O–H groups in total. The monoisotopic (exact) mass is 1200 g/mol. The van der Waals surface area contributed by atoms with Gasteiger partial charge in [0.1, 0.15) is 0 Å². The van der Waals surface area contributed by atoms with Crippen molar-refractivity contribution in [3.05, 3.63) is 251 Å². The first-order chi connectivity index (χ1) is 44.7. The van der Waals surface area contributed by atoms with E-state index in [4.69, 9.17) is 0 Å². The number of nitrogens with zero attached hydrogens (tertiary/aromatic N) is 4. The molecule has 4 nitrogen and oxygen atoms in total. The Labute approximate surface area is 544 Å². The lowest BCUT2D eigenvalue weighted by Crippen LogP contribution is -2.17. The molecule has 2 heterocycles. The molecular formula is C88H86N4. The number of benzene rings is 12. The Balaban J connectivity index is 0.998. The van der Waals surface area contributed by atoms with Gasteiger partial charge in [0.05, 0.1) is 39.1 Å². The zero-order valence-electron chi connectivity index (χ0n) is 55.6. The van der Waals surface area contributed by atoms with E-state index in [2.05, 4.69) is 294 Å². The number of hydrogen-bond donors (Lipinski definition) is 0. The van der Waals surface area contributed by atoms with E-state index in [1.807, 2.05) is 0 Å². The van der Waals surface area contributed by atoms with E-state index in [0.29, 0.717) is 0 Å². The summed E-state index contributed by atoms with van der Waals surface area (Å²) in [6.07, 6.45) is 11.2. The van der Waals surface area contributed by atoms with Crippen LogP contribution in [0.3, 0.4) is 0 Å². The fourth-order valence-electron chi connectivity index (χ4n) is 16.5. The summed E-state index contributed by atoms with van der Waals surface area (Å²) in [7, 11) is 0. The first-order valence-corrected chi connectivity index (χ1v) is 34.6. The third kappa shape index (κ3) is 9.12. The van der Waals surface area contributed by atoms with Crippen LogP contribution in [0.15, 0.2) is 206 Å². The Hall–Kier alpha value is -9.12. The molecule has 0 fully saturated rings. The summed E-state index contributed by atoms with van der Waals surface area (Å²) in [4.78, 5) is 5.43. The van der Waals surface area contributed by atoms with Crippen LogP contribution in [-0.4, -0.2) is 9.13 Å². The average Bonchev–Trinajstić information content (AvgIpc) is 0.816. The van der Waals surface area contributed by atoms with Crippen molar-refractivity contribution < 1.29 is 0 Å². The predicted octanol–water partition coefficient (Wildman–Crippen LogP) is 25.1. The largest absolute Gasteiger partial charge is 0.309 e. The fraction of sp³-hybridized carbons (Fsp3) is 0.273. The molecule has 14 aromatic rings. The Morgan fingerprint density at radius 2 is 0.783 bits per heavy atom. The quantitative estimate of drug-likeness (QED) is 0.101. The molecule has 0 aliphatic heterocycles. The maximum Gasteiger partial charge on any atom is 0.0562 e. The summed E-state index contributed by atoms with van der Waals surface area (Å²) < 4.78 is 5.08. The van der Waals surface area contributed by atoms with Crippen molar-refractivity contribution in [3.63, 3.8) is 0 Å². The SMILES string of the molecule is CCC(C)(C)c1cccc(-n2c3ccccc3c3ccc(N(c4cccc5c4CCCC5)c4cc(C(C)C)c5ccc6c(N(c7cccc8c7CCCC8)c7cccc8c7c7ccccc7n8-c7cccc(C(C)(C)CC)c7)cc(C(C)C)c7ccc4c5c76)cc32)c1. The van der Waals surface area contributed by atoms with Gasteiger partial charge in [0.25, 0.3) is 0 Å². The fourth-order valence-corrected chi connectivity index (χ4v) is 16.5. The maximum absolute atomic E-state index is 2.73. The lowest BCUT2D eigenvalue weighted by molar-refractivity contribution is 0.506. The second kappa shape index (κ2) is 22.3. The number of anilines is 6. The van der Waals surface area contributed by atoms with Crippen LogP contribution in [0.2, 0.25) is 0 Å². The van der Waals surface area contributed by atoms with Gasteiger partial charge in [-0.25, -0.2) is 0 Å². The summed E-state index contributed by atoms with van der Waals surface area (Å²) in [5.74, 6) is 0.486. The summed E-state index contributed by atoms with van der Waals surface area (Å²) in [5, 5.41) is 13.0. The number of fused-ring (bicyclic) bond motifs is 8. The molecule has 0 spiro atoms. The minimum Gasteiger partial charge on any atom is -0.309 e. The average molecular weight is 1200 g/mol. The van der Waals surface area contributed by atoms with Gasteiger partial charge in [-0.15, -0.1) is 0 Å². The van der Waals surface area contributed by atoms with Crippen LogP contribution in [-0.2, 0) is 36.5 Å². The number of aromatic nitrogens is 2. The van der Waals surface area contributed by atoms with Gasteiger partial charge in [0.15, 0.2) is 0 Å². The van der Waals surface area contributed by atoms with E-state index in [0.717, 1.165) is 38.5 Å². The van der Waals surface area contributed by atoms with E-state index in [1.54, 1.807) is 0 Å². The number of hydrogen-bond acceptors (Lipinski definition) is 2. The molecule has 2 aliphatic rings. The maximum atomic E-state index is 2.73. The van der Waals surface area contributed by atoms with Gasteiger partial charge in [0.2, 0.25) is 0 Å². The standard InChI is InChI=1S/C88H86N4/c1-11-87(7,8)59-30-23-32-61(50-59)89-78-39-20-18-37-70(78)86-79(89)42-25-43-80(86)92(76-41-22-29-58-27-14-16-35-65(58)76)83-54-74(56(5)6)69-46-48-71-82(53-73(55(3)4)68-47-49-72(83)85(69)84(68)71)91(75-40-21-28-57-26-13-15-34-64(57)75)63-44-45-67-66-36-17-19-38-77(66)90(81(67)52-63)62-33-24-31-60(51-62)88(9,10)12-2/h17-25,28-33,36-56H,11-16,26-27,34-35H2,1-10H3. The van der Waals surface area contributed by atoms with E-state index >= 15 is 0 Å². The highest BCUT2D eigenvalue weighted by molar-refractivity contribution is 6.30. The van der Waals surface area contributed by atoms with Crippen molar-refractivity contribution in [2.75, 3.05) is 9.80 Å². The van der Waals surface area contributed by atoms with Crippen LogP contribution in [0.4, 0.5) is 34.1 Å². The van der Waals surface area contributed by atoms with Gasteiger partial charge < -0.3 is 18.9 Å². The third-order valence-electron chi connectivity index (χ3n) is 22.2. The van der Waals surface area contributed by atoms with Crippen LogP contribution in [0, 0.1) is 0 Å². The Morgan fingerprint density at radius 1 is 0.348 bits per heavy atom. The second-order valence-corrected chi connectivity index (χ2v) is 28.9. The van der Waals surface area contributed by atoms with Gasteiger partial charge in [-0.2, -0.15) is 0 Å². The van der Waals surface area contributed by atoms with Crippen molar-refractivity contribution >= 4 is 110 Å². The Kier molecular flexibility index (Phi) is 14.1. The highest BCUT2D eigenvalue weighted by Gasteiger charge is 2.32. The van der Waals surface area contributed by atoms with Crippen LogP contribution in [0.1, 0.15) is 164 Å². The first-order valence-electron chi connectivity index (χ1n) is 34.6. The van der Waals surface area contributed by atoms with Gasteiger partial charge >= 0.3 is 0 Å². The molecule has 4 heteroatoms. The predicted molar refractivity (Wildman–Crippen MR) is 396 cm³/mol. The summed E-state index contributed by atoms with van der Waals surface area (Å²) in [5.41, 5.74) is 26.2. The molecule has 0 saturated carbocycles. The zero-order valence-corrected chi connectivity index (χ0v) is 55.6. The van der Waals surface area contributed by atoms with Gasteiger partial charge in [-0.3, -0.25) is 0 Å². The Morgan fingerprint density at radius 3 is 1.35 bits per heavy atom. The lowest BCUT2D eigenvalue weighted by Gasteiger charge is -2.34. The molecule has 0 bridgehead atoms. The van der Waals surface area contributed by atoms with E-state index in [-0.39, 0.29) is 22.7 Å². The molecular weight excluding hydrogens is 1110 g/mol. The van der Waals surface area contributed by atoms with Crippen LogP contribution in [0.25, 0.3) is 87.3 Å². The van der Waals surface area contributed by atoms with Crippen molar-refractivity contribution in [1.82, 2.24) is 9.13 Å². The normalized spacial score (nSPS) is 13.9. The van der Waals surface area contributed by atoms with Gasteiger partial charge in [-0.05, 0) is 238 Å². The van der Waals surface area contributed by atoms with Gasteiger partial charge in [0, 0.05) is 60.8 Å². The molecule has 2 aromatic heterocycles. The highest BCUT2D eigenvalue weighted by atomic mass is 15.2. The topological polar surface area (TPSA) is 16.3 Å².